The molecule has 0 aromatic carbocycles. The van der Waals surface area contributed by atoms with Crippen molar-refractivity contribution < 1.29 is 14.1 Å². The van der Waals surface area contributed by atoms with E-state index in [0.29, 0.717) is 25.6 Å². The Balaban J connectivity index is 2.32. The van der Waals surface area contributed by atoms with Crippen LogP contribution in [0.4, 0.5) is 4.79 Å². The molecule has 0 saturated heterocycles. The van der Waals surface area contributed by atoms with Gasteiger partial charge < -0.3 is 19.9 Å². The Morgan fingerprint density at radius 1 is 1.14 bits per heavy atom. The minimum Gasteiger partial charge on any atom is -0.379 e. The number of hydrogen-bond acceptors (Lipinski definition) is 4. The number of aryl methyl sites for hydroxylation is 2. The summed E-state index contributed by atoms with van der Waals surface area (Å²) >= 11 is 0. The Bertz CT molecular complexity index is 452. The third-order valence-electron chi connectivity index (χ3n) is 3.27. The predicted molar refractivity (Wildman–Crippen MR) is 85.9 cm³/mol. The van der Waals surface area contributed by atoms with Gasteiger partial charge in [-0.05, 0) is 40.0 Å². The molecule has 6 nitrogen and oxygen atoms in total. The topological polar surface area (TPSA) is 76.4 Å². The number of carbonyl (C=O) groups excluding carboxylic acids is 1. The summed E-state index contributed by atoms with van der Waals surface area (Å²) in [6.45, 7) is 13.1. The molecular weight excluding hydrogens is 282 g/mol. The highest BCUT2D eigenvalue weighted by Crippen LogP contribution is 2.14. The molecule has 0 unspecified atom stereocenters. The molecule has 2 N–H and O–H groups in total. The molecule has 2 atom stereocenters. The summed E-state index contributed by atoms with van der Waals surface area (Å²) < 4.78 is 10.7. The summed E-state index contributed by atoms with van der Waals surface area (Å²) in [5, 5.41) is 9.73. The van der Waals surface area contributed by atoms with Crippen molar-refractivity contribution in [3.8, 4) is 0 Å². The van der Waals surface area contributed by atoms with Crippen molar-refractivity contribution in [1.82, 2.24) is 15.8 Å². The van der Waals surface area contributed by atoms with Crippen LogP contribution < -0.4 is 10.6 Å². The van der Waals surface area contributed by atoms with E-state index in [1.54, 1.807) is 0 Å². The van der Waals surface area contributed by atoms with Gasteiger partial charge in [0.05, 0.1) is 18.3 Å². The maximum atomic E-state index is 11.9. The number of rotatable bonds is 8. The molecular formula is C16H29N3O3. The van der Waals surface area contributed by atoms with E-state index in [9.17, 15) is 4.79 Å². The van der Waals surface area contributed by atoms with Gasteiger partial charge >= 0.3 is 6.03 Å². The van der Waals surface area contributed by atoms with Gasteiger partial charge in [-0.25, -0.2) is 4.79 Å². The van der Waals surface area contributed by atoms with Gasteiger partial charge in [0.25, 0.3) is 0 Å². The number of nitrogens with zero attached hydrogens (tertiary/aromatic N) is 1. The molecule has 0 saturated carbocycles. The second-order valence-electron chi connectivity index (χ2n) is 6.36. The number of ether oxygens (including phenoxy) is 1. The summed E-state index contributed by atoms with van der Waals surface area (Å²) in [5.74, 6) is 1.30. The van der Waals surface area contributed by atoms with Crippen molar-refractivity contribution in [3.63, 3.8) is 0 Å². The molecule has 0 aliphatic heterocycles. The fourth-order valence-corrected chi connectivity index (χ4v) is 2.16. The second-order valence-corrected chi connectivity index (χ2v) is 6.36. The van der Waals surface area contributed by atoms with Crippen LogP contribution >= 0.6 is 0 Å². The van der Waals surface area contributed by atoms with Crippen molar-refractivity contribution in [2.45, 2.75) is 60.0 Å². The van der Waals surface area contributed by atoms with E-state index < -0.39 is 0 Å². The Hall–Kier alpha value is -1.56. The first kappa shape index (κ1) is 18.5. The van der Waals surface area contributed by atoms with E-state index in [1.807, 2.05) is 27.7 Å². The Kier molecular flexibility index (Phi) is 7.38. The zero-order valence-electron chi connectivity index (χ0n) is 14.5. The summed E-state index contributed by atoms with van der Waals surface area (Å²) in [6, 6.07) is -0.203. The van der Waals surface area contributed by atoms with Crippen molar-refractivity contribution in [2.24, 2.45) is 5.92 Å². The number of nitrogens with one attached hydrogen (secondary N) is 2. The van der Waals surface area contributed by atoms with E-state index in [4.69, 9.17) is 9.26 Å². The Labute approximate surface area is 133 Å². The predicted octanol–water partition coefficient (Wildman–Crippen LogP) is 2.58. The van der Waals surface area contributed by atoms with Gasteiger partial charge in [-0.2, -0.15) is 0 Å². The highest BCUT2D eigenvalue weighted by atomic mass is 16.5. The zero-order chi connectivity index (χ0) is 16.7. The number of urea groups is 1. The average molecular weight is 311 g/mol. The lowest BCUT2D eigenvalue weighted by atomic mass is 10.1. The number of amides is 2. The van der Waals surface area contributed by atoms with Crippen LogP contribution in [0.15, 0.2) is 4.52 Å². The van der Waals surface area contributed by atoms with Crippen LogP contribution in [0.1, 0.15) is 44.7 Å². The normalized spacial score (nSPS) is 14.0. The maximum Gasteiger partial charge on any atom is 0.315 e. The molecule has 1 heterocycles. The van der Waals surface area contributed by atoms with Gasteiger partial charge in [0.15, 0.2) is 0 Å². The largest absolute Gasteiger partial charge is 0.379 e. The first-order valence-electron chi connectivity index (χ1n) is 7.86. The lowest BCUT2D eigenvalue weighted by Crippen LogP contribution is -2.46. The monoisotopic (exact) mass is 311 g/mol. The van der Waals surface area contributed by atoms with Crippen molar-refractivity contribution in [3.05, 3.63) is 17.0 Å². The van der Waals surface area contributed by atoms with Crippen LogP contribution in [-0.4, -0.2) is 36.5 Å². The molecule has 0 spiro atoms. The molecule has 0 aliphatic carbocycles. The van der Waals surface area contributed by atoms with Crippen LogP contribution in [0.5, 0.6) is 0 Å². The molecule has 1 aromatic heterocycles. The van der Waals surface area contributed by atoms with Crippen LogP contribution in [0, 0.1) is 19.8 Å². The molecule has 0 fully saturated rings. The molecule has 2 amide bonds. The van der Waals surface area contributed by atoms with Gasteiger partial charge in [0.1, 0.15) is 5.76 Å². The fourth-order valence-electron chi connectivity index (χ4n) is 2.16. The van der Waals surface area contributed by atoms with Crippen LogP contribution in [0.2, 0.25) is 0 Å². The standard InChI is InChI=1S/C16H29N3O3/c1-10(2)8-21-9-12(4)18-16(20)17-11(3)7-15-13(5)19-22-14(15)6/h10-12H,7-9H2,1-6H3,(H2,17,18,20)/t11-,12+/m1/s1. The minimum absolute atomic E-state index is 0.000539. The number of hydrogen-bond donors (Lipinski definition) is 2. The molecule has 0 radical (unpaired) electrons. The van der Waals surface area contributed by atoms with Crippen molar-refractivity contribution in [2.75, 3.05) is 13.2 Å². The van der Waals surface area contributed by atoms with Crippen LogP contribution in [0.25, 0.3) is 0 Å². The summed E-state index contributed by atoms with van der Waals surface area (Å²) in [6.07, 6.45) is 0.701. The quantitative estimate of drug-likeness (QED) is 0.773. The van der Waals surface area contributed by atoms with E-state index in [2.05, 4.69) is 29.6 Å². The van der Waals surface area contributed by atoms with Gasteiger partial charge in [-0.15, -0.1) is 0 Å². The van der Waals surface area contributed by atoms with Crippen molar-refractivity contribution in [1.29, 1.82) is 0 Å². The van der Waals surface area contributed by atoms with Gasteiger partial charge in [0.2, 0.25) is 0 Å². The summed E-state index contributed by atoms with van der Waals surface area (Å²) in [5.41, 5.74) is 1.93. The van der Waals surface area contributed by atoms with Gasteiger partial charge in [0, 0.05) is 18.2 Å². The fraction of sp³-hybridized carbons (Fsp3) is 0.750. The lowest BCUT2D eigenvalue weighted by molar-refractivity contribution is 0.0953. The highest BCUT2D eigenvalue weighted by molar-refractivity contribution is 5.74. The first-order valence-corrected chi connectivity index (χ1v) is 7.86. The molecule has 1 rings (SSSR count). The summed E-state index contributed by atoms with van der Waals surface area (Å²) in [7, 11) is 0. The van der Waals surface area contributed by atoms with Crippen molar-refractivity contribution >= 4 is 6.03 Å². The van der Waals surface area contributed by atoms with Gasteiger partial charge in [-0.1, -0.05) is 19.0 Å². The Morgan fingerprint density at radius 2 is 1.77 bits per heavy atom. The van der Waals surface area contributed by atoms with E-state index in [1.165, 1.54) is 0 Å². The molecule has 6 heteroatoms. The van der Waals surface area contributed by atoms with Crippen LogP contribution in [0.3, 0.4) is 0 Å². The number of carbonyl (C=O) groups is 1. The smallest absolute Gasteiger partial charge is 0.315 e. The lowest BCUT2D eigenvalue weighted by Gasteiger charge is -2.18. The molecule has 0 bridgehead atoms. The zero-order valence-corrected chi connectivity index (χ0v) is 14.5. The third kappa shape index (κ3) is 6.47. The minimum atomic E-state index is -0.181. The maximum absolute atomic E-state index is 11.9. The first-order chi connectivity index (χ1) is 10.3. The number of aromatic nitrogens is 1. The highest BCUT2D eigenvalue weighted by Gasteiger charge is 2.15. The summed E-state index contributed by atoms with van der Waals surface area (Å²) in [4.78, 5) is 11.9. The molecule has 126 valence electrons. The molecule has 0 aliphatic rings. The van der Waals surface area contributed by atoms with Gasteiger partial charge in [-0.3, -0.25) is 0 Å². The van der Waals surface area contributed by atoms with E-state index in [-0.39, 0.29) is 18.1 Å². The average Bonchev–Trinajstić information content (AvgIpc) is 2.69. The molecule has 22 heavy (non-hydrogen) atoms. The van der Waals surface area contributed by atoms with E-state index in [0.717, 1.165) is 17.0 Å². The molecule has 1 aromatic rings. The third-order valence-corrected chi connectivity index (χ3v) is 3.27. The van der Waals surface area contributed by atoms with E-state index >= 15 is 0 Å². The SMILES string of the molecule is Cc1noc(C)c1C[C@@H](C)NC(=O)N[C@@H](C)COCC(C)C. The Morgan fingerprint density at radius 3 is 2.32 bits per heavy atom. The second kappa shape index (κ2) is 8.78. The van der Waals surface area contributed by atoms with Crippen LogP contribution in [-0.2, 0) is 11.2 Å².